The van der Waals surface area contributed by atoms with Crippen molar-refractivity contribution in [1.29, 1.82) is 0 Å². The Morgan fingerprint density at radius 1 is 1.62 bits per heavy atom. The number of amides is 1. The third-order valence-electron chi connectivity index (χ3n) is 1.53. The summed E-state index contributed by atoms with van der Waals surface area (Å²) in [5.41, 5.74) is -0.441. The van der Waals surface area contributed by atoms with Crippen molar-refractivity contribution < 1.29 is 4.79 Å². The molecule has 72 valence electrons. The molecule has 7 heteroatoms. The molecule has 0 bridgehead atoms. The molecule has 0 fully saturated rings. The number of carbonyl (C=O) groups is 1. The fraction of sp³-hybridized carbons (Fsp3) is 0.500. The molecule has 0 saturated heterocycles. The van der Waals surface area contributed by atoms with Gasteiger partial charge in [-0.05, 0) is 6.26 Å². The lowest BCUT2D eigenvalue weighted by atomic mass is 10.9. The number of thioether (sulfide) groups is 1. The van der Waals surface area contributed by atoms with Crippen LogP contribution in [0.1, 0.15) is 0 Å². The fourth-order valence-electron chi connectivity index (χ4n) is 0.835. The summed E-state index contributed by atoms with van der Waals surface area (Å²) >= 11 is 1.31. The van der Waals surface area contributed by atoms with E-state index in [2.05, 4.69) is 10.4 Å². The second kappa shape index (κ2) is 3.65. The van der Waals surface area contributed by atoms with Gasteiger partial charge < -0.3 is 5.32 Å². The minimum atomic E-state index is -0.527. The summed E-state index contributed by atoms with van der Waals surface area (Å²) in [4.78, 5) is 22.4. The van der Waals surface area contributed by atoms with E-state index in [0.717, 1.165) is 4.68 Å². The van der Waals surface area contributed by atoms with Gasteiger partial charge >= 0.3 is 11.7 Å². The van der Waals surface area contributed by atoms with Crippen LogP contribution in [0.15, 0.2) is 9.95 Å². The molecule has 1 N–H and O–H groups in total. The maximum Gasteiger partial charge on any atom is 0.355 e. The summed E-state index contributed by atoms with van der Waals surface area (Å²) in [7, 11) is 3.02. The average molecular weight is 202 g/mol. The Bertz CT molecular complexity index is 380. The Morgan fingerprint density at radius 2 is 2.23 bits per heavy atom. The van der Waals surface area contributed by atoms with Gasteiger partial charge in [0.25, 0.3) is 0 Å². The van der Waals surface area contributed by atoms with Crippen LogP contribution in [0.25, 0.3) is 0 Å². The van der Waals surface area contributed by atoms with E-state index in [1.165, 1.54) is 23.4 Å². The predicted molar refractivity (Wildman–Crippen MR) is 49.1 cm³/mol. The molecule has 1 aromatic heterocycles. The number of hydrogen-bond donors (Lipinski definition) is 1. The maximum atomic E-state index is 11.3. The van der Waals surface area contributed by atoms with Crippen LogP contribution in [-0.2, 0) is 7.05 Å². The molecule has 13 heavy (non-hydrogen) atoms. The Labute approximate surface area is 78.9 Å². The Hall–Kier alpha value is -1.24. The first-order valence-electron chi connectivity index (χ1n) is 3.54. The van der Waals surface area contributed by atoms with E-state index in [1.54, 1.807) is 13.3 Å². The van der Waals surface area contributed by atoms with Gasteiger partial charge in [-0.15, -0.1) is 9.78 Å². The van der Waals surface area contributed by atoms with Crippen molar-refractivity contribution in [3.05, 3.63) is 10.5 Å². The van der Waals surface area contributed by atoms with Crippen LogP contribution in [-0.4, -0.2) is 33.7 Å². The molecule has 0 spiro atoms. The Morgan fingerprint density at radius 3 is 2.62 bits per heavy atom. The molecular weight excluding hydrogens is 192 g/mol. The predicted octanol–water partition coefficient (Wildman–Crippen LogP) is -0.509. The molecule has 0 unspecified atom stereocenters. The van der Waals surface area contributed by atoms with Crippen molar-refractivity contribution in [2.45, 2.75) is 5.16 Å². The highest BCUT2D eigenvalue weighted by Gasteiger charge is 2.13. The molecule has 0 radical (unpaired) electrons. The van der Waals surface area contributed by atoms with Crippen molar-refractivity contribution in [3.63, 3.8) is 0 Å². The van der Waals surface area contributed by atoms with E-state index >= 15 is 0 Å². The third-order valence-corrected chi connectivity index (χ3v) is 2.25. The number of hydrogen-bond acceptors (Lipinski definition) is 4. The SMILES string of the molecule is CNC(=O)n1nc(SC)n(C)c1=O. The van der Waals surface area contributed by atoms with Crippen molar-refractivity contribution in [2.75, 3.05) is 13.3 Å². The first-order valence-corrected chi connectivity index (χ1v) is 4.76. The van der Waals surface area contributed by atoms with E-state index in [0.29, 0.717) is 5.16 Å². The quantitative estimate of drug-likeness (QED) is 0.623. The molecule has 0 aromatic carbocycles. The van der Waals surface area contributed by atoms with E-state index in [9.17, 15) is 9.59 Å². The molecule has 6 nitrogen and oxygen atoms in total. The molecule has 1 aromatic rings. The lowest BCUT2D eigenvalue weighted by Gasteiger charge is -1.93. The topological polar surface area (TPSA) is 68.9 Å². The highest BCUT2D eigenvalue weighted by molar-refractivity contribution is 7.98. The van der Waals surface area contributed by atoms with Crippen molar-refractivity contribution in [1.82, 2.24) is 19.7 Å². The van der Waals surface area contributed by atoms with Crippen molar-refractivity contribution >= 4 is 17.8 Å². The smallest absolute Gasteiger partial charge is 0.339 e. The summed E-state index contributed by atoms with van der Waals surface area (Å²) in [6.07, 6.45) is 1.79. The second-order valence-corrected chi connectivity index (χ2v) is 3.07. The number of carbonyl (C=O) groups excluding carboxylic acids is 1. The highest BCUT2D eigenvalue weighted by Crippen LogP contribution is 2.06. The van der Waals surface area contributed by atoms with Gasteiger partial charge in [-0.3, -0.25) is 4.57 Å². The van der Waals surface area contributed by atoms with E-state index in [1.807, 2.05) is 0 Å². The summed E-state index contributed by atoms with van der Waals surface area (Å²) in [5, 5.41) is 6.65. The molecule has 0 saturated carbocycles. The second-order valence-electron chi connectivity index (χ2n) is 2.30. The molecule has 0 aliphatic carbocycles. The maximum absolute atomic E-state index is 11.3. The van der Waals surface area contributed by atoms with Crippen molar-refractivity contribution in [3.8, 4) is 0 Å². The Kier molecular flexibility index (Phi) is 2.76. The lowest BCUT2D eigenvalue weighted by molar-refractivity contribution is 0.240. The molecular formula is C6H10N4O2S. The van der Waals surface area contributed by atoms with E-state index in [-0.39, 0.29) is 0 Å². The summed E-state index contributed by atoms with van der Waals surface area (Å²) < 4.78 is 2.12. The fourth-order valence-corrected chi connectivity index (χ4v) is 1.35. The van der Waals surface area contributed by atoms with E-state index < -0.39 is 11.7 Å². The number of aromatic nitrogens is 3. The molecule has 0 atom stereocenters. The summed E-state index contributed by atoms with van der Waals surface area (Å²) in [5.74, 6) is 0. The molecule has 1 rings (SSSR count). The molecule has 0 aliphatic heterocycles. The van der Waals surface area contributed by atoms with Crippen LogP contribution in [0, 0.1) is 0 Å². The van der Waals surface area contributed by atoms with Crippen LogP contribution >= 0.6 is 11.8 Å². The minimum Gasteiger partial charge on any atom is -0.339 e. The number of rotatable bonds is 1. The van der Waals surface area contributed by atoms with Crippen LogP contribution < -0.4 is 11.0 Å². The zero-order valence-electron chi connectivity index (χ0n) is 7.57. The zero-order valence-corrected chi connectivity index (χ0v) is 8.38. The van der Waals surface area contributed by atoms with Gasteiger partial charge in [-0.1, -0.05) is 11.8 Å². The first kappa shape index (κ1) is 9.85. The average Bonchev–Trinajstić information content (AvgIpc) is 2.43. The first-order chi connectivity index (χ1) is 6.11. The zero-order chi connectivity index (χ0) is 10.0. The van der Waals surface area contributed by atoms with Crippen LogP contribution in [0.4, 0.5) is 4.79 Å². The van der Waals surface area contributed by atoms with Gasteiger partial charge in [-0.25, -0.2) is 9.59 Å². The molecule has 0 aliphatic rings. The van der Waals surface area contributed by atoms with Crippen LogP contribution in [0.5, 0.6) is 0 Å². The molecule has 1 heterocycles. The van der Waals surface area contributed by atoms with Gasteiger partial charge in [0.1, 0.15) is 0 Å². The number of nitrogens with zero attached hydrogens (tertiary/aromatic N) is 3. The lowest BCUT2D eigenvalue weighted by Crippen LogP contribution is -2.35. The summed E-state index contributed by atoms with van der Waals surface area (Å²) in [6, 6.07) is -0.527. The van der Waals surface area contributed by atoms with Crippen molar-refractivity contribution in [2.24, 2.45) is 7.05 Å². The van der Waals surface area contributed by atoms with Gasteiger partial charge in [0.15, 0.2) is 5.16 Å². The Balaban J connectivity index is 3.25. The minimum absolute atomic E-state index is 0.441. The third kappa shape index (κ3) is 1.59. The highest BCUT2D eigenvalue weighted by atomic mass is 32.2. The molecule has 1 amide bonds. The largest absolute Gasteiger partial charge is 0.355 e. The standard InChI is InChI=1S/C6H10N4O2S/c1-7-4(11)10-6(12)9(2)5(8-10)13-3/h1-3H3,(H,7,11). The monoisotopic (exact) mass is 202 g/mol. The van der Waals surface area contributed by atoms with Crippen LogP contribution in [0.2, 0.25) is 0 Å². The van der Waals surface area contributed by atoms with E-state index in [4.69, 9.17) is 0 Å². The van der Waals surface area contributed by atoms with Gasteiger partial charge in [0.05, 0.1) is 0 Å². The van der Waals surface area contributed by atoms with Gasteiger partial charge in [0, 0.05) is 14.1 Å². The van der Waals surface area contributed by atoms with Crippen LogP contribution in [0.3, 0.4) is 0 Å². The number of nitrogens with one attached hydrogen (secondary N) is 1. The normalized spacial score (nSPS) is 10.1. The van der Waals surface area contributed by atoms with Gasteiger partial charge in [-0.2, -0.15) is 0 Å². The summed E-state index contributed by atoms with van der Waals surface area (Å²) in [6.45, 7) is 0. The van der Waals surface area contributed by atoms with Gasteiger partial charge in [0.2, 0.25) is 0 Å².